The Morgan fingerprint density at radius 1 is 1.06 bits per heavy atom. The number of piperidine rings is 1. The summed E-state index contributed by atoms with van der Waals surface area (Å²) in [6.45, 7) is 13.3. The standard InChI is InChI=1S/C26H39N3O4/c1-5-27-13-6-14-28(18-17-27)21-11-15-29(16-12-21)26(31)10-9-24(30)23-8-7-22(33-20(2)3)19-25(23)32-4/h7-10,19-21H,5-6,11-18H2,1-4H3. The van der Waals surface area contributed by atoms with Gasteiger partial charge in [-0.25, -0.2) is 0 Å². The third kappa shape index (κ3) is 7.05. The van der Waals surface area contributed by atoms with Crippen molar-refractivity contribution in [3.05, 3.63) is 35.9 Å². The summed E-state index contributed by atoms with van der Waals surface area (Å²) in [4.78, 5) is 32.4. The molecule has 0 unspecified atom stereocenters. The van der Waals surface area contributed by atoms with E-state index in [0.29, 0.717) is 23.1 Å². The summed E-state index contributed by atoms with van der Waals surface area (Å²) in [6, 6.07) is 5.68. The van der Waals surface area contributed by atoms with E-state index < -0.39 is 0 Å². The summed E-state index contributed by atoms with van der Waals surface area (Å²) in [6.07, 6.45) is 5.97. The second kappa shape index (κ2) is 12.2. The molecule has 1 aromatic rings. The van der Waals surface area contributed by atoms with E-state index in [1.165, 1.54) is 32.2 Å². The Morgan fingerprint density at radius 2 is 1.82 bits per heavy atom. The number of likely N-dealkylation sites (tertiary alicyclic amines) is 1. The minimum absolute atomic E-state index is 0.0308. The Kier molecular flexibility index (Phi) is 9.32. The van der Waals surface area contributed by atoms with Crippen molar-refractivity contribution in [2.75, 3.05) is 52.9 Å². The number of rotatable bonds is 8. The van der Waals surface area contributed by atoms with E-state index in [9.17, 15) is 9.59 Å². The van der Waals surface area contributed by atoms with Crippen LogP contribution in [0, 0.1) is 0 Å². The van der Waals surface area contributed by atoms with Crippen molar-refractivity contribution in [2.24, 2.45) is 0 Å². The van der Waals surface area contributed by atoms with Crippen LogP contribution in [0.1, 0.15) is 50.4 Å². The number of benzene rings is 1. The lowest BCUT2D eigenvalue weighted by molar-refractivity contribution is -0.127. The van der Waals surface area contributed by atoms with Gasteiger partial charge >= 0.3 is 0 Å². The highest BCUT2D eigenvalue weighted by Gasteiger charge is 2.27. The quantitative estimate of drug-likeness (QED) is 0.441. The predicted molar refractivity (Wildman–Crippen MR) is 130 cm³/mol. The van der Waals surface area contributed by atoms with Crippen molar-refractivity contribution >= 4 is 11.7 Å². The Hall–Kier alpha value is -2.38. The number of nitrogens with zero attached hydrogens (tertiary/aromatic N) is 3. The van der Waals surface area contributed by atoms with Crippen LogP contribution in [0.5, 0.6) is 11.5 Å². The third-order valence-electron chi connectivity index (χ3n) is 6.55. The lowest BCUT2D eigenvalue weighted by Gasteiger charge is -2.37. The fraction of sp³-hybridized carbons (Fsp3) is 0.615. The molecule has 0 radical (unpaired) electrons. The highest BCUT2D eigenvalue weighted by molar-refractivity contribution is 6.09. The van der Waals surface area contributed by atoms with Crippen LogP contribution in [0.4, 0.5) is 0 Å². The number of amides is 1. The smallest absolute Gasteiger partial charge is 0.246 e. The van der Waals surface area contributed by atoms with Gasteiger partial charge < -0.3 is 19.3 Å². The molecule has 1 aromatic carbocycles. The molecule has 0 saturated carbocycles. The van der Waals surface area contributed by atoms with E-state index in [4.69, 9.17) is 9.47 Å². The Labute approximate surface area is 198 Å². The molecular formula is C26H39N3O4. The summed E-state index contributed by atoms with van der Waals surface area (Å²) < 4.78 is 11.0. The first-order valence-electron chi connectivity index (χ1n) is 12.2. The average Bonchev–Trinajstić information content (AvgIpc) is 3.07. The summed E-state index contributed by atoms with van der Waals surface area (Å²) >= 11 is 0. The molecule has 2 heterocycles. The number of allylic oxidation sites excluding steroid dienone is 1. The van der Waals surface area contributed by atoms with Gasteiger partial charge in [0.15, 0.2) is 5.78 Å². The molecule has 0 aromatic heterocycles. The predicted octanol–water partition coefficient (Wildman–Crippen LogP) is 3.24. The van der Waals surface area contributed by atoms with Crippen LogP contribution in [0.15, 0.2) is 30.4 Å². The second-order valence-corrected chi connectivity index (χ2v) is 9.11. The molecule has 2 fully saturated rings. The molecule has 33 heavy (non-hydrogen) atoms. The summed E-state index contributed by atoms with van der Waals surface area (Å²) in [5.41, 5.74) is 0.415. The van der Waals surface area contributed by atoms with Crippen LogP contribution in [0.3, 0.4) is 0 Å². The SMILES string of the molecule is CCN1CCCN(C2CCN(C(=O)C=CC(=O)c3ccc(OC(C)C)cc3OC)CC2)CC1. The fourth-order valence-electron chi connectivity index (χ4n) is 4.69. The zero-order valence-electron chi connectivity index (χ0n) is 20.6. The summed E-state index contributed by atoms with van der Waals surface area (Å²) in [7, 11) is 1.52. The van der Waals surface area contributed by atoms with Gasteiger partial charge in [0.2, 0.25) is 5.91 Å². The van der Waals surface area contributed by atoms with Crippen LogP contribution >= 0.6 is 0 Å². The molecular weight excluding hydrogens is 418 g/mol. The van der Waals surface area contributed by atoms with Crippen molar-refractivity contribution in [1.29, 1.82) is 0 Å². The molecule has 0 atom stereocenters. The van der Waals surface area contributed by atoms with Gasteiger partial charge in [0.05, 0.1) is 18.8 Å². The van der Waals surface area contributed by atoms with E-state index in [-0.39, 0.29) is 17.8 Å². The molecule has 2 aliphatic rings. The average molecular weight is 458 g/mol. The molecule has 182 valence electrons. The highest BCUT2D eigenvalue weighted by atomic mass is 16.5. The monoisotopic (exact) mass is 457 g/mol. The topological polar surface area (TPSA) is 62.3 Å². The maximum absolute atomic E-state index is 12.7. The zero-order valence-corrected chi connectivity index (χ0v) is 20.6. The van der Waals surface area contributed by atoms with Crippen molar-refractivity contribution in [3.8, 4) is 11.5 Å². The van der Waals surface area contributed by atoms with E-state index in [1.807, 2.05) is 18.7 Å². The molecule has 2 aliphatic heterocycles. The van der Waals surface area contributed by atoms with E-state index in [1.54, 1.807) is 18.2 Å². The number of carbonyl (C=O) groups excluding carboxylic acids is 2. The van der Waals surface area contributed by atoms with Crippen molar-refractivity contribution in [3.63, 3.8) is 0 Å². The van der Waals surface area contributed by atoms with E-state index >= 15 is 0 Å². The molecule has 2 saturated heterocycles. The van der Waals surface area contributed by atoms with Gasteiger partial charge in [-0.05, 0) is 71.0 Å². The highest BCUT2D eigenvalue weighted by Crippen LogP contribution is 2.26. The van der Waals surface area contributed by atoms with Gasteiger partial charge in [0.1, 0.15) is 11.5 Å². The molecule has 7 nitrogen and oxygen atoms in total. The summed E-state index contributed by atoms with van der Waals surface area (Å²) in [5.74, 6) is 0.730. The number of hydrogen-bond acceptors (Lipinski definition) is 6. The first-order valence-corrected chi connectivity index (χ1v) is 12.2. The lowest BCUT2D eigenvalue weighted by Crippen LogP contribution is -2.47. The number of ketones is 1. The van der Waals surface area contributed by atoms with Crippen molar-refractivity contribution in [1.82, 2.24) is 14.7 Å². The molecule has 0 spiro atoms. The Balaban J connectivity index is 1.52. The van der Waals surface area contributed by atoms with Gasteiger partial charge in [0, 0.05) is 44.4 Å². The maximum Gasteiger partial charge on any atom is 0.246 e. The van der Waals surface area contributed by atoms with Gasteiger partial charge in [-0.1, -0.05) is 6.92 Å². The van der Waals surface area contributed by atoms with Crippen LogP contribution in [0.25, 0.3) is 0 Å². The first-order chi connectivity index (χ1) is 15.9. The van der Waals surface area contributed by atoms with Crippen molar-refractivity contribution < 1.29 is 19.1 Å². The number of methoxy groups -OCH3 is 1. The molecule has 0 aliphatic carbocycles. The van der Waals surface area contributed by atoms with Crippen LogP contribution < -0.4 is 9.47 Å². The van der Waals surface area contributed by atoms with Crippen LogP contribution in [0.2, 0.25) is 0 Å². The van der Waals surface area contributed by atoms with Crippen molar-refractivity contribution in [2.45, 2.75) is 52.2 Å². The molecule has 3 rings (SSSR count). The molecule has 7 heteroatoms. The van der Waals surface area contributed by atoms with E-state index in [2.05, 4.69) is 16.7 Å². The summed E-state index contributed by atoms with van der Waals surface area (Å²) in [5, 5.41) is 0. The molecule has 0 N–H and O–H groups in total. The second-order valence-electron chi connectivity index (χ2n) is 9.11. The minimum atomic E-state index is -0.253. The van der Waals surface area contributed by atoms with Crippen LogP contribution in [-0.2, 0) is 4.79 Å². The Bertz CT molecular complexity index is 831. The number of carbonyl (C=O) groups is 2. The number of hydrogen-bond donors (Lipinski definition) is 0. The maximum atomic E-state index is 12.7. The number of likely N-dealkylation sites (N-methyl/N-ethyl adjacent to an activating group) is 1. The van der Waals surface area contributed by atoms with Gasteiger partial charge in [-0.2, -0.15) is 0 Å². The lowest BCUT2D eigenvalue weighted by atomic mass is 10.0. The Morgan fingerprint density at radius 3 is 2.48 bits per heavy atom. The van der Waals surface area contributed by atoms with Gasteiger partial charge in [0.25, 0.3) is 0 Å². The van der Waals surface area contributed by atoms with Gasteiger partial charge in [-0.15, -0.1) is 0 Å². The van der Waals surface area contributed by atoms with E-state index in [0.717, 1.165) is 52.1 Å². The van der Waals surface area contributed by atoms with Gasteiger partial charge in [-0.3, -0.25) is 14.5 Å². The largest absolute Gasteiger partial charge is 0.496 e. The fourth-order valence-corrected chi connectivity index (χ4v) is 4.69. The molecule has 1 amide bonds. The number of ether oxygens (including phenoxy) is 2. The zero-order chi connectivity index (χ0) is 23.8. The van der Waals surface area contributed by atoms with Crippen LogP contribution in [-0.4, -0.2) is 91.5 Å². The first kappa shape index (κ1) is 25.2. The molecule has 0 bridgehead atoms. The minimum Gasteiger partial charge on any atom is -0.496 e. The third-order valence-corrected chi connectivity index (χ3v) is 6.55. The normalized spacial score (nSPS) is 19.1.